The molecule has 1 amide bonds. The molecule has 144 valence electrons. The first-order valence-electron chi connectivity index (χ1n) is 8.34. The first kappa shape index (κ1) is 24.2. The number of rotatable bonds is 7. The minimum absolute atomic E-state index is 0. The Morgan fingerprint density at radius 3 is 2.19 bits per heavy atom. The van der Waals surface area contributed by atoms with Gasteiger partial charge >= 0.3 is 0 Å². The highest BCUT2D eigenvalue weighted by molar-refractivity contribution is 5.85. The van der Waals surface area contributed by atoms with E-state index in [0.717, 1.165) is 17.7 Å². The monoisotopic (exact) mass is 397 g/mol. The number of amides is 1. The van der Waals surface area contributed by atoms with E-state index in [4.69, 9.17) is 5.73 Å². The molecule has 0 atom stereocenters. The maximum absolute atomic E-state index is 12.2. The van der Waals surface area contributed by atoms with Gasteiger partial charge in [-0.3, -0.25) is 9.69 Å². The lowest BCUT2D eigenvalue weighted by Crippen LogP contribution is -2.28. The van der Waals surface area contributed by atoms with E-state index < -0.39 is 0 Å². The molecule has 2 rings (SSSR count). The van der Waals surface area contributed by atoms with Crippen LogP contribution in [0.15, 0.2) is 48.5 Å². The first-order valence-corrected chi connectivity index (χ1v) is 8.34. The Labute approximate surface area is 169 Å². The molecule has 0 aliphatic heterocycles. The van der Waals surface area contributed by atoms with Gasteiger partial charge in [0.25, 0.3) is 0 Å². The van der Waals surface area contributed by atoms with Crippen molar-refractivity contribution in [3.05, 3.63) is 65.2 Å². The first-order chi connectivity index (χ1) is 11.5. The van der Waals surface area contributed by atoms with Gasteiger partial charge in [-0.1, -0.05) is 36.4 Å². The summed E-state index contributed by atoms with van der Waals surface area (Å²) in [5, 5.41) is 3.02. The van der Waals surface area contributed by atoms with Crippen LogP contribution < -0.4 is 11.1 Å². The highest BCUT2D eigenvalue weighted by Gasteiger charge is 2.09. The molecule has 0 aliphatic rings. The SMILES string of the molecule is CC(C)N(C)Cc1ccccc1CNC(=O)Cc1ccc(N)cc1.Cl.Cl. The predicted molar refractivity (Wildman–Crippen MR) is 114 cm³/mol. The summed E-state index contributed by atoms with van der Waals surface area (Å²) in [7, 11) is 2.11. The largest absolute Gasteiger partial charge is 0.399 e. The highest BCUT2D eigenvalue weighted by atomic mass is 35.5. The highest BCUT2D eigenvalue weighted by Crippen LogP contribution is 2.13. The van der Waals surface area contributed by atoms with Crippen LogP contribution in [0, 0.1) is 0 Å². The Morgan fingerprint density at radius 1 is 1.04 bits per heavy atom. The van der Waals surface area contributed by atoms with E-state index in [9.17, 15) is 4.79 Å². The van der Waals surface area contributed by atoms with Gasteiger partial charge in [-0.05, 0) is 49.7 Å². The van der Waals surface area contributed by atoms with Crippen LogP contribution in [0.5, 0.6) is 0 Å². The fourth-order valence-electron chi connectivity index (χ4n) is 2.41. The van der Waals surface area contributed by atoms with Crippen LogP contribution in [0.4, 0.5) is 5.69 Å². The molecule has 0 fully saturated rings. The molecule has 0 saturated carbocycles. The lowest BCUT2D eigenvalue weighted by molar-refractivity contribution is -0.120. The molecule has 4 nitrogen and oxygen atoms in total. The number of hydrogen-bond donors (Lipinski definition) is 2. The van der Waals surface area contributed by atoms with Gasteiger partial charge in [-0.15, -0.1) is 24.8 Å². The molecule has 2 aromatic carbocycles. The van der Waals surface area contributed by atoms with Gasteiger partial charge in [0.2, 0.25) is 5.91 Å². The Kier molecular flexibility index (Phi) is 11.0. The average molecular weight is 398 g/mol. The number of carbonyl (C=O) groups is 1. The molecule has 0 radical (unpaired) electrons. The molecule has 0 bridgehead atoms. The van der Waals surface area contributed by atoms with Crippen molar-refractivity contribution in [1.29, 1.82) is 0 Å². The zero-order valence-electron chi connectivity index (χ0n) is 15.6. The normalized spacial score (nSPS) is 10.2. The van der Waals surface area contributed by atoms with Crippen molar-refractivity contribution in [2.75, 3.05) is 12.8 Å². The molecule has 0 aliphatic carbocycles. The van der Waals surface area contributed by atoms with Crippen molar-refractivity contribution < 1.29 is 4.79 Å². The summed E-state index contributed by atoms with van der Waals surface area (Å²) < 4.78 is 0. The van der Waals surface area contributed by atoms with Crippen LogP contribution in [0.3, 0.4) is 0 Å². The number of nitrogens with one attached hydrogen (secondary N) is 1. The van der Waals surface area contributed by atoms with E-state index in [-0.39, 0.29) is 30.7 Å². The second-order valence-electron chi connectivity index (χ2n) is 6.47. The third-order valence-electron chi connectivity index (χ3n) is 4.24. The van der Waals surface area contributed by atoms with Crippen molar-refractivity contribution in [3.8, 4) is 0 Å². The molecular formula is C20H29Cl2N3O. The van der Waals surface area contributed by atoms with Gasteiger partial charge in [0.05, 0.1) is 6.42 Å². The predicted octanol–water partition coefficient (Wildman–Crippen LogP) is 3.81. The third kappa shape index (κ3) is 7.65. The molecule has 3 N–H and O–H groups in total. The second kappa shape index (κ2) is 11.8. The summed E-state index contributed by atoms with van der Waals surface area (Å²) in [5.41, 5.74) is 9.76. The second-order valence-corrected chi connectivity index (χ2v) is 6.47. The molecule has 6 heteroatoms. The number of nitrogens with two attached hydrogens (primary N) is 1. The minimum atomic E-state index is 0. The molecule has 0 aromatic heterocycles. The molecule has 0 saturated heterocycles. The summed E-state index contributed by atoms with van der Waals surface area (Å²) in [6.45, 7) is 5.78. The van der Waals surface area contributed by atoms with Crippen LogP contribution >= 0.6 is 24.8 Å². The molecule has 26 heavy (non-hydrogen) atoms. The maximum atomic E-state index is 12.2. The number of carbonyl (C=O) groups excluding carboxylic acids is 1. The third-order valence-corrected chi connectivity index (χ3v) is 4.24. The van der Waals surface area contributed by atoms with E-state index in [1.165, 1.54) is 5.56 Å². The summed E-state index contributed by atoms with van der Waals surface area (Å²) in [5.74, 6) is 0.0202. The summed E-state index contributed by atoms with van der Waals surface area (Å²) in [6.07, 6.45) is 0.369. The number of benzene rings is 2. The van der Waals surface area contributed by atoms with Gasteiger partial charge in [-0.2, -0.15) is 0 Å². The van der Waals surface area contributed by atoms with Crippen LogP contribution in [0.25, 0.3) is 0 Å². The fraction of sp³-hybridized carbons (Fsp3) is 0.350. The molecule has 0 spiro atoms. The van der Waals surface area contributed by atoms with Crippen molar-refractivity contribution in [2.24, 2.45) is 0 Å². The van der Waals surface area contributed by atoms with Gasteiger partial charge in [0, 0.05) is 24.8 Å². The van der Waals surface area contributed by atoms with E-state index in [2.05, 4.69) is 43.2 Å². The van der Waals surface area contributed by atoms with Gasteiger partial charge in [0.1, 0.15) is 0 Å². The minimum Gasteiger partial charge on any atom is -0.399 e. The van der Waals surface area contributed by atoms with Gasteiger partial charge < -0.3 is 11.1 Å². The van der Waals surface area contributed by atoms with Crippen molar-refractivity contribution >= 4 is 36.4 Å². The molecule has 0 unspecified atom stereocenters. The molecule has 2 aromatic rings. The Balaban J connectivity index is 0.00000312. The van der Waals surface area contributed by atoms with E-state index in [1.54, 1.807) is 0 Å². The Bertz CT molecular complexity index is 675. The van der Waals surface area contributed by atoms with Crippen LogP contribution in [-0.2, 0) is 24.3 Å². The van der Waals surface area contributed by atoms with E-state index in [0.29, 0.717) is 24.7 Å². The standard InChI is InChI=1S/C20H27N3O.2ClH/c1-15(2)23(3)14-18-7-5-4-6-17(18)13-22-20(24)12-16-8-10-19(21)11-9-16;;/h4-11,15H,12-14,21H2,1-3H3,(H,22,24);2*1H. The van der Waals surface area contributed by atoms with E-state index in [1.807, 2.05) is 36.4 Å². The summed E-state index contributed by atoms with van der Waals surface area (Å²) in [4.78, 5) is 14.4. The van der Waals surface area contributed by atoms with Gasteiger partial charge in [-0.25, -0.2) is 0 Å². The Hall–Kier alpha value is -1.75. The number of nitrogens with zero attached hydrogens (tertiary/aromatic N) is 1. The quantitative estimate of drug-likeness (QED) is 0.698. The van der Waals surface area contributed by atoms with Crippen LogP contribution in [0.2, 0.25) is 0 Å². The van der Waals surface area contributed by atoms with Crippen LogP contribution in [-0.4, -0.2) is 23.9 Å². The molecular weight excluding hydrogens is 369 g/mol. The zero-order valence-corrected chi connectivity index (χ0v) is 17.2. The van der Waals surface area contributed by atoms with Crippen LogP contribution in [0.1, 0.15) is 30.5 Å². The smallest absolute Gasteiger partial charge is 0.224 e. The number of halogens is 2. The lowest BCUT2D eigenvalue weighted by atomic mass is 10.1. The maximum Gasteiger partial charge on any atom is 0.224 e. The number of anilines is 1. The van der Waals surface area contributed by atoms with Crippen molar-refractivity contribution in [2.45, 2.75) is 39.4 Å². The lowest BCUT2D eigenvalue weighted by Gasteiger charge is -2.22. The average Bonchev–Trinajstić information content (AvgIpc) is 2.56. The topological polar surface area (TPSA) is 58.4 Å². The van der Waals surface area contributed by atoms with E-state index >= 15 is 0 Å². The zero-order chi connectivity index (χ0) is 17.5. The van der Waals surface area contributed by atoms with Gasteiger partial charge in [0.15, 0.2) is 0 Å². The summed E-state index contributed by atoms with van der Waals surface area (Å²) >= 11 is 0. The fourth-order valence-corrected chi connectivity index (χ4v) is 2.41. The van der Waals surface area contributed by atoms with Crippen molar-refractivity contribution in [1.82, 2.24) is 10.2 Å². The van der Waals surface area contributed by atoms with Crippen molar-refractivity contribution in [3.63, 3.8) is 0 Å². The Morgan fingerprint density at radius 2 is 1.62 bits per heavy atom. The number of hydrogen-bond acceptors (Lipinski definition) is 3. The summed E-state index contributed by atoms with van der Waals surface area (Å²) in [6, 6.07) is 16.2. The number of nitrogen functional groups attached to an aromatic ring is 1. The molecule has 0 heterocycles.